The molecule has 0 aromatic heterocycles. The molecule has 0 radical (unpaired) electrons. The van der Waals surface area contributed by atoms with Crippen LogP contribution in [0.3, 0.4) is 0 Å². The van der Waals surface area contributed by atoms with Crippen molar-refractivity contribution in [1.29, 1.82) is 0 Å². The maximum Gasteiger partial charge on any atom is 0.422 e. The monoisotopic (exact) mass is 339 g/mol. The van der Waals surface area contributed by atoms with Gasteiger partial charge in [0.05, 0.1) is 4.47 Å². The van der Waals surface area contributed by atoms with Gasteiger partial charge >= 0.3 is 6.18 Å². The van der Waals surface area contributed by atoms with Crippen molar-refractivity contribution in [2.45, 2.75) is 32.5 Å². The van der Waals surface area contributed by atoms with Gasteiger partial charge in [-0.25, -0.2) is 0 Å². The highest BCUT2D eigenvalue weighted by Gasteiger charge is 2.28. The first kappa shape index (κ1) is 16.3. The van der Waals surface area contributed by atoms with E-state index in [0.29, 0.717) is 4.47 Å². The lowest BCUT2D eigenvalue weighted by Gasteiger charge is -2.16. The van der Waals surface area contributed by atoms with Crippen LogP contribution in [0.2, 0.25) is 0 Å². The number of hydrogen-bond acceptors (Lipinski definition) is 2. The van der Waals surface area contributed by atoms with Gasteiger partial charge < -0.3 is 10.1 Å². The lowest BCUT2D eigenvalue weighted by atomic mass is 10.1. The summed E-state index contributed by atoms with van der Waals surface area (Å²) in [4.78, 5) is 0. The third-order valence-corrected chi connectivity index (χ3v) is 3.17. The molecule has 19 heavy (non-hydrogen) atoms. The van der Waals surface area contributed by atoms with Gasteiger partial charge in [0.1, 0.15) is 5.75 Å². The largest absolute Gasteiger partial charge is 0.483 e. The Morgan fingerprint density at radius 2 is 2.05 bits per heavy atom. The van der Waals surface area contributed by atoms with E-state index in [1.54, 1.807) is 18.2 Å². The van der Waals surface area contributed by atoms with Crippen molar-refractivity contribution in [3.8, 4) is 5.75 Å². The Morgan fingerprint density at radius 1 is 1.37 bits per heavy atom. The van der Waals surface area contributed by atoms with E-state index in [4.69, 9.17) is 4.74 Å². The first-order chi connectivity index (χ1) is 8.83. The highest BCUT2D eigenvalue weighted by atomic mass is 79.9. The summed E-state index contributed by atoms with van der Waals surface area (Å²) >= 11 is 3.23. The summed E-state index contributed by atoms with van der Waals surface area (Å²) in [6.07, 6.45) is -3.30. The molecule has 6 heteroatoms. The van der Waals surface area contributed by atoms with E-state index in [-0.39, 0.29) is 11.8 Å². The maximum absolute atomic E-state index is 12.1. The molecule has 1 atom stereocenters. The topological polar surface area (TPSA) is 21.3 Å². The highest BCUT2D eigenvalue weighted by molar-refractivity contribution is 9.10. The van der Waals surface area contributed by atoms with Crippen LogP contribution in [0, 0.1) is 0 Å². The predicted octanol–water partition coefficient (Wildman–Crippen LogP) is 4.45. The summed E-state index contributed by atoms with van der Waals surface area (Å²) in [5.41, 5.74) is 1.000. The number of benzene rings is 1. The zero-order valence-corrected chi connectivity index (χ0v) is 12.4. The van der Waals surface area contributed by atoms with E-state index < -0.39 is 12.8 Å². The standard InChI is InChI=1S/C13H17BrF3NO/c1-3-6-18-9(2)10-4-5-12(11(14)7-10)19-8-13(15,16)17/h4-5,7,9,18H,3,6,8H2,1-2H3. The van der Waals surface area contributed by atoms with Crippen molar-refractivity contribution >= 4 is 15.9 Å². The van der Waals surface area contributed by atoms with Crippen LogP contribution < -0.4 is 10.1 Å². The van der Waals surface area contributed by atoms with Gasteiger partial charge in [-0.2, -0.15) is 13.2 Å². The van der Waals surface area contributed by atoms with Gasteiger partial charge in [0.2, 0.25) is 0 Å². The van der Waals surface area contributed by atoms with Crippen LogP contribution in [0.5, 0.6) is 5.75 Å². The number of alkyl halides is 3. The van der Waals surface area contributed by atoms with Gasteiger partial charge in [0.25, 0.3) is 0 Å². The summed E-state index contributed by atoms with van der Waals surface area (Å²) in [5.74, 6) is 0.198. The molecule has 0 aliphatic rings. The van der Waals surface area contributed by atoms with Crippen molar-refractivity contribution in [2.24, 2.45) is 0 Å². The Balaban J connectivity index is 2.69. The fraction of sp³-hybridized carbons (Fsp3) is 0.538. The number of rotatable bonds is 6. The molecule has 1 N–H and O–H groups in total. The average Bonchev–Trinajstić information content (AvgIpc) is 2.33. The zero-order chi connectivity index (χ0) is 14.5. The molecule has 0 heterocycles. The molecule has 1 aromatic carbocycles. The molecule has 0 saturated heterocycles. The second-order valence-corrected chi connectivity index (χ2v) is 5.12. The van der Waals surface area contributed by atoms with Gasteiger partial charge in [-0.3, -0.25) is 0 Å². The molecule has 0 spiro atoms. The van der Waals surface area contributed by atoms with Crippen molar-refractivity contribution in [3.63, 3.8) is 0 Å². The van der Waals surface area contributed by atoms with Crippen molar-refractivity contribution in [1.82, 2.24) is 5.32 Å². The molecule has 1 rings (SSSR count). The van der Waals surface area contributed by atoms with Gasteiger partial charge in [-0.15, -0.1) is 0 Å². The van der Waals surface area contributed by atoms with Gasteiger partial charge in [0, 0.05) is 6.04 Å². The molecule has 0 aliphatic heterocycles. The Bertz CT molecular complexity index is 409. The minimum Gasteiger partial charge on any atom is -0.483 e. The maximum atomic E-state index is 12.1. The van der Waals surface area contributed by atoms with E-state index in [2.05, 4.69) is 28.2 Å². The van der Waals surface area contributed by atoms with Crippen LogP contribution >= 0.6 is 15.9 Å². The Hall–Kier alpha value is -0.750. The molecule has 0 fully saturated rings. The fourth-order valence-electron chi connectivity index (χ4n) is 1.54. The van der Waals surface area contributed by atoms with Crippen LogP contribution in [0.4, 0.5) is 13.2 Å². The fourth-order valence-corrected chi connectivity index (χ4v) is 2.05. The summed E-state index contributed by atoms with van der Waals surface area (Å²) in [6.45, 7) is 3.69. The molecule has 108 valence electrons. The lowest BCUT2D eigenvalue weighted by Crippen LogP contribution is -2.20. The quantitative estimate of drug-likeness (QED) is 0.826. The van der Waals surface area contributed by atoms with Crippen molar-refractivity contribution < 1.29 is 17.9 Å². The molecule has 0 saturated carbocycles. The molecule has 0 aliphatic carbocycles. The smallest absolute Gasteiger partial charge is 0.422 e. The van der Waals surface area contributed by atoms with E-state index in [9.17, 15) is 13.2 Å². The van der Waals surface area contributed by atoms with Crippen LogP contribution in [0.25, 0.3) is 0 Å². The van der Waals surface area contributed by atoms with Crippen LogP contribution in [0.1, 0.15) is 31.9 Å². The van der Waals surface area contributed by atoms with Crippen molar-refractivity contribution in [3.05, 3.63) is 28.2 Å². The molecular weight excluding hydrogens is 323 g/mol. The van der Waals surface area contributed by atoms with Gasteiger partial charge in [-0.05, 0) is 53.5 Å². The lowest BCUT2D eigenvalue weighted by molar-refractivity contribution is -0.153. The Labute approximate surface area is 119 Å². The van der Waals surface area contributed by atoms with E-state index >= 15 is 0 Å². The SMILES string of the molecule is CCCNC(C)c1ccc(OCC(F)(F)F)c(Br)c1. The Kier molecular flexibility index (Phi) is 6.13. The number of nitrogens with one attached hydrogen (secondary N) is 1. The molecule has 1 unspecified atom stereocenters. The minimum absolute atomic E-state index is 0.146. The first-order valence-corrected chi connectivity index (χ1v) is 6.85. The third kappa shape index (κ3) is 5.82. The van der Waals surface area contributed by atoms with E-state index in [1.165, 1.54) is 0 Å². The predicted molar refractivity (Wildman–Crippen MR) is 72.4 cm³/mol. The molecule has 2 nitrogen and oxygen atoms in total. The van der Waals surface area contributed by atoms with Gasteiger partial charge in [0.15, 0.2) is 6.61 Å². The van der Waals surface area contributed by atoms with E-state index in [0.717, 1.165) is 18.5 Å². The molecular formula is C13H17BrF3NO. The first-order valence-electron chi connectivity index (χ1n) is 6.06. The number of hydrogen-bond donors (Lipinski definition) is 1. The number of ether oxygens (including phenoxy) is 1. The normalized spacial score (nSPS) is 13.4. The number of halogens is 4. The molecule has 0 amide bonds. The third-order valence-electron chi connectivity index (χ3n) is 2.55. The summed E-state index contributed by atoms with van der Waals surface area (Å²) < 4.78 is 41.5. The van der Waals surface area contributed by atoms with Crippen LogP contribution in [0.15, 0.2) is 22.7 Å². The molecule has 1 aromatic rings. The van der Waals surface area contributed by atoms with Crippen molar-refractivity contribution in [2.75, 3.05) is 13.2 Å². The summed E-state index contributed by atoms with van der Waals surface area (Å²) in [6, 6.07) is 5.24. The van der Waals surface area contributed by atoms with Gasteiger partial charge in [-0.1, -0.05) is 13.0 Å². The Morgan fingerprint density at radius 3 is 2.58 bits per heavy atom. The molecule has 0 bridgehead atoms. The average molecular weight is 340 g/mol. The minimum atomic E-state index is -4.33. The summed E-state index contributed by atoms with van der Waals surface area (Å²) in [5, 5.41) is 3.31. The second-order valence-electron chi connectivity index (χ2n) is 4.27. The highest BCUT2D eigenvalue weighted by Crippen LogP contribution is 2.29. The zero-order valence-electron chi connectivity index (χ0n) is 10.9. The van der Waals surface area contributed by atoms with E-state index in [1.807, 2.05) is 6.92 Å². The van der Waals surface area contributed by atoms with Crippen LogP contribution in [-0.2, 0) is 0 Å². The summed E-state index contributed by atoms with van der Waals surface area (Å²) in [7, 11) is 0. The second kappa shape index (κ2) is 7.14. The van der Waals surface area contributed by atoms with Crippen LogP contribution in [-0.4, -0.2) is 19.3 Å².